The van der Waals surface area contributed by atoms with Crippen LogP contribution in [0.25, 0.3) is 0 Å². The minimum atomic E-state index is -0.470. The van der Waals surface area contributed by atoms with Crippen LogP contribution in [0.2, 0.25) is 0 Å². The van der Waals surface area contributed by atoms with Crippen molar-refractivity contribution >= 4 is 27.3 Å². The van der Waals surface area contributed by atoms with Crippen LogP contribution in [-0.4, -0.2) is 4.98 Å². The topological polar surface area (TPSA) is 36.7 Å². The van der Waals surface area contributed by atoms with Crippen molar-refractivity contribution in [2.75, 3.05) is 0 Å². The molecule has 0 saturated carbocycles. The lowest BCUT2D eigenvalue weighted by Crippen LogP contribution is -2.13. The Morgan fingerprint density at radius 2 is 2.36 bits per heavy atom. The lowest BCUT2D eigenvalue weighted by Gasteiger charge is -2.09. The molecule has 1 heterocycles. The van der Waals surface area contributed by atoms with Crippen molar-refractivity contribution in [1.82, 2.24) is 4.98 Å². The summed E-state index contributed by atoms with van der Waals surface area (Å²) in [6.45, 7) is 3.71. The summed E-state index contributed by atoms with van der Waals surface area (Å²) in [5, 5.41) is 10.7. The molecule has 0 saturated heterocycles. The summed E-state index contributed by atoms with van der Waals surface area (Å²) in [7, 11) is 0. The maximum Gasteiger partial charge on any atom is 0.159 e. The first kappa shape index (κ1) is 8.69. The molecular formula is C7H7BrN2S. The summed E-state index contributed by atoms with van der Waals surface area (Å²) in [4.78, 5) is 4.17. The minimum absolute atomic E-state index is 0.470. The van der Waals surface area contributed by atoms with Crippen molar-refractivity contribution < 1.29 is 0 Å². The molecule has 0 bridgehead atoms. The number of halogens is 1. The highest BCUT2D eigenvalue weighted by Gasteiger charge is 2.22. The first-order valence-corrected chi connectivity index (χ1v) is 4.76. The van der Waals surface area contributed by atoms with Gasteiger partial charge >= 0.3 is 0 Å². The molecule has 1 aromatic heterocycles. The molecule has 0 amide bonds. The molecule has 0 fully saturated rings. The summed E-state index contributed by atoms with van der Waals surface area (Å²) in [5.41, 5.74) is 0.361. The van der Waals surface area contributed by atoms with Gasteiger partial charge in [0.15, 0.2) is 3.92 Å². The molecule has 1 aromatic rings. The second-order valence-corrected chi connectivity index (χ2v) is 4.86. The van der Waals surface area contributed by atoms with E-state index in [4.69, 9.17) is 5.26 Å². The molecule has 0 aliphatic carbocycles. The minimum Gasteiger partial charge on any atom is -0.232 e. The van der Waals surface area contributed by atoms with Crippen LogP contribution in [-0.2, 0) is 5.41 Å². The predicted octanol–water partition coefficient (Wildman–Crippen LogP) is 2.71. The van der Waals surface area contributed by atoms with Gasteiger partial charge in [0, 0.05) is 5.38 Å². The van der Waals surface area contributed by atoms with Crippen LogP contribution in [0.1, 0.15) is 19.5 Å². The third-order valence-electron chi connectivity index (χ3n) is 1.40. The molecule has 0 aromatic carbocycles. The van der Waals surface area contributed by atoms with Crippen LogP contribution >= 0.6 is 27.3 Å². The Hall–Kier alpha value is -0.400. The number of hydrogen-bond donors (Lipinski definition) is 0. The highest BCUT2D eigenvalue weighted by molar-refractivity contribution is 9.11. The van der Waals surface area contributed by atoms with Gasteiger partial charge in [-0.05, 0) is 29.8 Å². The summed E-state index contributed by atoms with van der Waals surface area (Å²) < 4.78 is 0.829. The summed E-state index contributed by atoms with van der Waals surface area (Å²) >= 11 is 4.75. The Morgan fingerprint density at radius 1 is 1.73 bits per heavy atom. The van der Waals surface area contributed by atoms with E-state index in [1.807, 2.05) is 19.2 Å². The van der Waals surface area contributed by atoms with Crippen LogP contribution in [0.3, 0.4) is 0 Å². The summed E-state index contributed by atoms with van der Waals surface area (Å²) in [6, 6.07) is 2.19. The number of nitriles is 1. The normalized spacial score (nSPS) is 11.1. The highest BCUT2D eigenvalue weighted by atomic mass is 79.9. The first-order valence-electron chi connectivity index (χ1n) is 3.09. The Bertz CT molecular complexity index is 298. The quantitative estimate of drug-likeness (QED) is 0.745. The molecule has 0 unspecified atom stereocenters. The zero-order valence-electron chi connectivity index (χ0n) is 6.26. The largest absolute Gasteiger partial charge is 0.232 e. The molecule has 0 aliphatic rings. The van der Waals surface area contributed by atoms with Crippen LogP contribution in [0.15, 0.2) is 9.30 Å². The average molecular weight is 231 g/mol. The van der Waals surface area contributed by atoms with E-state index in [2.05, 4.69) is 27.0 Å². The van der Waals surface area contributed by atoms with Crippen molar-refractivity contribution in [1.29, 1.82) is 5.26 Å². The van der Waals surface area contributed by atoms with Gasteiger partial charge in [0.05, 0.1) is 17.2 Å². The third-order valence-corrected chi connectivity index (χ3v) is 2.76. The fraction of sp³-hybridized carbons (Fsp3) is 0.429. The van der Waals surface area contributed by atoms with Crippen molar-refractivity contribution in [2.24, 2.45) is 0 Å². The molecule has 0 aliphatic heterocycles. The Balaban J connectivity index is 3.04. The van der Waals surface area contributed by atoms with Gasteiger partial charge in [-0.15, -0.1) is 11.3 Å². The van der Waals surface area contributed by atoms with Gasteiger partial charge < -0.3 is 0 Å². The maximum atomic E-state index is 8.76. The van der Waals surface area contributed by atoms with Gasteiger partial charge in [0.25, 0.3) is 0 Å². The van der Waals surface area contributed by atoms with Crippen molar-refractivity contribution in [2.45, 2.75) is 19.3 Å². The molecule has 58 valence electrons. The van der Waals surface area contributed by atoms with Gasteiger partial charge in [0.2, 0.25) is 0 Å². The lowest BCUT2D eigenvalue weighted by molar-refractivity contribution is 0.664. The molecule has 0 radical (unpaired) electrons. The average Bonchev–Trinajstić information content (AvgIpc) is 2.36. The first-order chi connectivity index (χ1) is 5.06. The summed E-state index contributed by atoms with van der Waals surface area (Å²) in [5.74, 6) is 0. The number of aromatic nitrogens is 1. The van der Waals surface area contributed by atoms with E-state index in [1.165, 1.54) is 11.3 Å². The lowest BCUT2D eigenvalue weighted by atomic mass is 9.93. The van der Waals surface area contributed by atoms with Gasteiger partial charge in [-0.25, -0.2) is 4.98 Å². The summed E-state index contributed by atoms with van der Waals surface area (Å²) in [6.07, 6.45) is 0. The molecular weight excluding hydrogens is 224 g/mol. The number of hydrogen-bond acceptors (Lipinski definition) is 3. The molecule has 1 rings (SSSR count). The Labute approximate surface area is 78.0 Å². The smallest absolute Gasteiger partial charge is 0.159 e. The standard InChI is InChI=1S/C7H7BrN2S/c1-7(2,4-9)5-3-11-6(8)10-5/h3H,1-2H3. The van der Waals surface area contributed by atoms with Crippen LogP contribution < -0.4 is 0 Å². The zero-order valence-corrected chi connectivity index (χ0v) is 8.66. The van der Waals surface area contributed by atoms with Crippen LogP contribution in [0, 0.1) is 11.3 Å². The maximum absolute atomic E-state index is 8.76. The zero-order chi connectivity index (χ0) is 8.48. The molecule has 11 heavy (non-hydrogen) atoms. The number of nitrogens with zero attached hydrogens (tertiary/aromatic N) is 2. The fourth-order valence-corrected chi connectivity index (χ4v) is 1.77. The Morgan fingerprint density at radius 3 is 2.73 bits per heavy atom. The van der Waals surface area contributed by atoms with E-state index in [9.17, 15) is 0 Å². The molecule has 0 atom stereocenters. The molecule has 0 spiro atoms. The van der Waals surface area contributed by atoms with Crippen LogP contribution in [0.4, 0.5) is 0 Å². The monoisotopic (exact) mass is 230 g/mol. The van der Waals surface area contributed by atoms with Crippen molar-refractivity contribution in [3.05, 3.63) is 15.0 Å². The second kappa shape index (κ2) is 2.92. The van der Waals surface area contributed by atoms with Crippen molar-refractivity contribution in [3.8, 4) is 6.07 Å². The Kier molecular flexibility index (Phi) is 2.31. The van der Waals surface area contributed by atoms with E-state index in [0.717, 1.165) is 9.61 Å². The fourth-order valence-electron chi connectivity index (χ4n) is 0.596. The van der Waals surface area contributed by atoms with Crippen molar-refractivity contribution in [3.63, 3.8) is 0 Å². The third kappa shape index (κ3) is 1.79. The predicted molar refractivity (Wildman–Crippen MR) is 48.5 cm³/mol. The van der Waals surface area contributed by atoms with Gasteiger partial charge in [0.1, 0.15) is 0 Å². The van der Waals surface area contributed by atoms with Gasteiger partial charge in [-0.1, -0.05) is 0 Å². The van der Waals surface area contributed by atoms with Gasteiger partial charge in [-0.3, -0.25) is 0 Å². The van der Waals surface area contributed by atoms with E-state index in [0.29, 0.717) is 0 Å². The van der Waals surface area contributed by atoms with Gasteiger partial charge in [-0.2, -0.15) is 5.26 Å². The second-order valence-electron chi connectivity index (χ2n) is 2.72. The molecule has 2 nitrogen and oxygen atoms in total. The molecule has 4 heteroatoms. The van der Waals surface area contributed by atoms with E-state index < -0.39 is 5.41 Å². The van der Waals surface area contributed by atoms with E-state index in [-0.39, 0.29) is 0 Å². The SMILES string of the molecule is CC(C)(C#N)c1csc(Br)n1. The van der Waals surface area contributed by atoms with E-state index in [1.54, 1.807) is 0 Å². The number of rotatable bonds is 1. The highest BCUT2D eigenvalue weighted by Crippen LogP contribution is 2.26. The van der Waals surface area contributed by atoms with Crippen LogP contribution in [0.5, 0.6) is 0 Å². The van der Waals surface area contributed by atoms with E-state index >= 15 is 0 Å². The molecule has 0 N–H and O–H groups in total. The number of thiazole rings is 1.